The summed E-state index contributed by atoms with van der Waals surface area (Å²) in [5.41, 5.74) is 7.07. The van der Waals surface area contributed by atoms with Crippen molar-refractivity contribution in [1.29, 1.82) is 0 Å². The van der Waals surface area contributed by atoms with Crippen LogP contribution in [0, 0.1) is 11.6 Å². The van der Waals surface area contributed by atoms with Gasteiger partial charge < -0.3 is 21.7 Å². The van der Waals surface area contributed by atoms with Crippen LogP contribution in [0.2, 0.25) is 10.0 Å². The van der Waals surface area contributed by atoms with Crippen LogP contribution in [0.25, 0.3) is 22.1 Å². The van der Waals surface area contributed by atoms with Gasteiger partial charge in [0, 0.05) is 25.0 Å². The monoisotopic (exact) mass is 801 g/mol. The van der Waals surface area contributed by atoms with Crippen molar-refractivity contribution in [3.63, 3.8) is 0 Å². The van der Waals surface area contributed by atoms with E-state index < -0.39 is 35.3 Å². The molecule has 7 rings (SSSR count). The maximum atomic E-state index is 13.3. The Bertz CT molecular complexity index is 2510. The number of nitrogens with zero attached hydrogens (tertiary/aromatic N) is 7. The molecule has 0 aliphatic carbocycles. The number of hydrogen-bond donors (Lipinski definition) is 6. The van der Waals surface area contributed by atoms with Gasteiger partial charge >= 0.3 is 6.18 Å². The summed E-state index contributed by atoms with van der Waals surface area (Å²) in [5.74, 6) is -1.80. The van der Waals surface area contributed by atoms with E-state index in [4.69, 9.17) is 28.9 Å². The molecule has 15 nitrogen and oxygen atoms in total. The lowest BCUT2D eigenvalue weighted by Crippen LogP contribution is -2.24. The SMILES string of the molecule is C.Nc1n[nH]c2c(C(=O)NCc3ccc(F)c(Cl)c3)ncnc12.O=C(NCc1ccc(F)c(Cl)c1)c1ncnc2c(Nc3ccnc(C(F)(F)F)c3)n[nH]c12. The fourth-order valence-corrected chi connectivity index (χ4v) is 5.16. The summed E-state index contributed by atoms with van der Waals surface area (Å²) < 4.78 is 65.0. The molecule has 0 aliphatic heterocycles. The van der Waals surface area contributed by atoms with E-state index in [1.165, 1.54) is 48.8 Å². The molecule has 284 valence electrons. The number of aromatic amines is 2. The average molecular weight is 803 g/mol. The Morgan fingerprint density at radius 1 is 0.727 bits per heavy atom. The van der Waals surface area contributed by atoms with Gasteiger partial charge in [-0.2, -0.15) is 23.4 Å². The van der Waals surface area contributed by atoms with Gasteiger partial charge in [0.15, 0.2) is 23.0 Å². The van der Waals surface area contributed by atoms with E-state index in [0.717, 1.165) is 18.6 Å². The minimum absolute atomic E-state index is 0. The van der Waals surface area contributed by atoms with E-state index in [0.29, 0.717) is 22.2 Å². The van der Waals surface area contributed by atoms with Crippen LogP contribution < -0.4 is 21.7 Å². The number of nitrogen functional groups attached to an aromatic ring is 1. The van der Waals surface area contributed by atoms with Crippen LogP contribution in [0.5, 0.6) is 0 Å². The molecule has 7 N–H and O–H groups in total. The lowest BCUT2D eigenvalue weighted by atomic mass is 10.2. The first-order chi connectivity index (χ1) is 25.8. The fourth-order valence-electron chi connectivity index (χ4n) is 4.75. The highest BCUT2D eigenvalue weighted by Crippen LogP contribution is 2.30. The van der Waals surface area contributed by atoms with Crippen molar-refractivity contribution < 1.29 is 31.5 Å². The van der Waals surface area contributed by atoms with E-state index in [-0.39, 0.29) is 70.3 Å². The quantitative estimate of drug-likeness (QED) is 0.0908. The number of alkyl halides is 3. The molecule has 2 aromatic carbocycles. The maximum Gasteiger partial charge on any atom is 0.433 e. The highest BCUT2D eigenvalue weighted by molar-refractivity contribution is 6.31. The first-order valence-electron chi connectivity index (χ1n) is 15.2. The number of nitrogens with two attached hydrogens (primary N) is 1. The Balaban J connectivity index is 0.000000221. The third-order valence-corrected chi connectivity index (χ3v) is 7.93. The normalized spacial score (nSPS) is 11.0. The molecule has 5 aromatic heterocycles. The number of amides is 2. The summed E-state index contributed by atoms with van der Waals surface area (Å²) >= 11 is 11.4. The van der Waals surface area contributed by atoms with E-state index in [9.17, 15) is 31.5 Å². The molecule has 0 aliphatic rings. The molecule has 7 aromatic rings. The number of nitrogens with one attached hydrogen (secondary N) is 5. The van der Waals surface area contributed by atoms with Crippen LogP contribution in [0.1, 0.15) is 45.2 Å². The van der Waals surface area contributed by atoms with E-state index in [1.807, 2.05) is 0 Å². The van der Waals surface area contributed by atoms with Gasteiger partial charge in [-0.3, -0.25) is 24.8 Å². The maximum absolute atomic E-state index is 13.3. The third-order valence-electron chi connectivity index (χ3n) is 7.35. The van der Waals surface area contributed by atoms with Gasteiger partial charge in [0.2, 0.25) is 0 Å². The van der Waals surface area contributed by atoms with E-state index >= 15 is 0 Å². The third kappa shape index (κ3) is 9.16. The number of carbonyl (C=O) groups excluding carboxylic acids is 2. The Hall–Kier alpha value is -6.54. The topological polar surface area (TPSA) is 218 Å². The average Bonchev–Trinajstić information content (AvgIpc) is 3.75. The Morgan fingerprint density at radius 3 is 1.80 bits per heavy atom. The van der Waals surface area contributed by atoms with Crippen LogP contribution in [0.3, 0.4) is 0 Å². The molecular formula is C33H26Cl2F5N13O2. The van der Waals surface area contributed by atoms with Gasteiger partial charge in [0.05, 0.1) is 10.0 Å². The van der Waals surface area contributed by atoms with Gasteiger partial charge in [-0.1, -0.05) is 42.8 Å². The van der Waals surface area contributed by atoms with Gasteiger partial charge in [-0.25, -0.2) is 28.7 Å². The molecule has 22 heteroatoms. The van der Waals surface area contributed by atoms with Crippen molar-refractivity contribution in [2.75, 3.05) is 11.1 Å². The van der Waals surface area contributed by atoms with Gasteiger partial charge in [0.25, 0.3) is 11.8 Å². The van der Waals surface area contributed by atoms with Crippen molar-refractivity contribution in [1.82, 2.24) is 55.9 Å². The number of hydrogen-bond acceptors (Lipinski definition) is 11. The number of H-pyrrole nitrogens is 2. The molecule has 0 saturated carbocycles. The molecule has 0 unspecified atom stereocenters. The summed E-state index contributed by atoms with van der Waals surface area (Å²) in [6.45, 7) is 0.231. The smallest absolute Gasteiger partial charge is 0.380 e. The van der Waals surface area contributed by atoms with Gasteiger partial charge in [0.1, 0.15) is 52.0 Å². The number of aromatic nitrogens is 9. The van der Waals surface area contributed by atoms with Crippen molar-refractivity contribution in [3.8, 4) is 0 Å². The highest BCUT2D eigenvalue weighted by Gasteiger charge is 2.32. The Morgan fingerprint density at radius 2 is 1.25 bits per heavy atom. The molecule has 0 saturated heterocycles. The first-order valence-corrected chi connectivity index (χ1v) is 15.9. The molecule has 55 heavy (non-hydrogen) atoms. The lowest BCUT2D eigenvalue weighted by molar-refractivity contribution is -0.141. The predicted octanol–water partition coefficient (Wildman–Crippen LogP) is 6.53. The Labute approximate surface area is 316 Å². The van der Waals surface area contributed by atoms with Crippen LogP contribution in [0.15, 0.2) is 67.4 Å². The van der Waals surface area contributed by atoms with Crippen LogP contribution in [-0.4, -0.2) is 57.1 Å². The molecule has 0 bridgehead atoms. The number of fused-ring (bicyclic) bond motifs is 2. The standard InChI is InChI=1S/C19H12ClF4N7O.C13H10ClFN6O.CH4/c20-11-5-9(1-2-12(11)21)7-26-18(32)16-14-15(27-8-28-16)17(31-30-14)29-10-3-4-25-13(6-10)19(22,23)24;14-7-3-6(1-2-8(7)15)4-17-13(22)11-9-10(18-5-19-11)12(16)21-20-9;/h1-6,8H,7H2,(H,26,32)(H2,25,29,30,31);1-3,5H,4H2,(H,17,22)(H3,16,20,21);1H4. The zero-order chi connectivity index (χ0) is 38.6. The summed E-state index contributed by atoms with van der Waals surface area (Å²) in [6.07, 6.45) is -1.23. The molecule has 0 spiro atoms. The van der Waals surface area contributed by atoms with Crippen molar-refractivity contribution in [2.45, 2.75) is 26.7 Å². The highest BCUT2D eigenvalue weighted by atomic mass is 35.5. The molecule has 5 heterocycles. The Kier molecular flexibility index (Phi) is 12.0. The zero-order valence-electron chi connectivity index (χ0n) is 26.9. The number of anilines is 3. The van der Waals surface area contributed by atoms with Crippen LogP contribution in [-0.2, 0) is 19.3 Å². The predicted molar refractivity (Wildman–Crippen MR) is 192 cm³/mol. The second kappa shape index (κ2) is 16.6. The minimum Gasteiger partial charge on any atom is -0.380 e. The van der Waals surface area contributed by atoms with E-state index in [2.05, 4.69) is 61.3 Å². The van der Waals surface area contributed by atoms with Crippen LogP contribution in [0.4, 0.5) is 39.3 Å². The largest absolute Gasteiger partial charge is 0.433 e. The van der Waals surface area contributed by atoms with Crippen molar-refractivity contribution in [2.24, 2.45) is 0 Å². The zero-order valence-corrected chi connectivity index (χ0v) is 28.4. The summed E-state index contributed by atoms with van der Waals surface area (Å²) in [5, 5.41) is 20.9. The number of pyridine rings is 1. The van der Waals surface area contributed by atoms with Crippen molar-refractivity contribution in [3.05, 3.63) is 117 Å². The molecule has 0 atom stereocenters. The summed E-state index contributed by atoms with van der Waals surface area (Å²) in [4.78, 5) is 44.0. The van der Waals surface area contributed by atoms with Crippen LogP contribution >= 0.6 is 23.2 Å². The minimum atomic E-state index is -4.60. The molecule has 0 radical (unpaired) electrons. The lowest BCUT2D eigenvalue weighted by Gasteiger charge is -2.08. The number of halogens is 7. The first kappa shape index (κ1) is 39.7. The number of rotatable bonds is 8. The number of carbonyl (C=O) groups is 2. The van der Waals surface area contributed by atoms with Gasteiger partial charge in [-0.05, 0) is 47.5 Å². The second-order valence-electron chi connectivity index (χ2n) is 11.0. The summed E-state index contributed by atoms with van der Waals surface area (Å²) in [6, 6.07) is 10.4. The molecule has 2 amide bonds. The van der Waals surface area contributed by atoms with Gasteiger partial charge in [-0.15, -0.1) is 0 Å². The second-order valence-corrected chi connectivity index (χ2v) is 11.8. The fraction of sp³-hybridized carbons (Fsp3) is 0.121. The molecular weight excluding hydrogens is 776 g/mol. The van der Waals surface area contributed by atoms with Crippen molar-refractivity contribution >= 4 is 74.4 Å². The number of benzene rings is 2. The van der Waals surface area contributed by atoms with E-state index in [1.54, 1.807) is 0 Å². The molecule has 0 fully saturated rings. The summed E-state index contributed by atoms with van der Waals surface area (Å²) in [7, 11) is 0.